The smallest absolute Gasteiger partial charge is 0.148 e. The first kappa shape index (κ1) is 40.0. The van der Waals surface area contributed by atoms with Crippen molar-refractivity contribution in [2.45, 2.75) is 111 Å². The van der Waals surface area contributed by atoms with E-state index in [0.29, 0.717) is 28.2 Å². The molecule has 6 aromatic carbocycles. The molecule has 0 aliphatic heterocycles. The number of rotatable bonds is 8. The van der Waals surface area contributed by atoms with E-state index in [1.165, 1.54) is 5.56 Å². The Kier molecular flexibility index (Phi) is 10.9. The molecule has 0 fully saturated rings. The zero-order chi connectivity index (χ0) is 49.4. The van der Waals surface area contributed by atoms with Gasteiger partial charge in [-0.1, -0.05) is 185 Å². The normalized spacial score (nSPS) is 13.5. The minimum Gasteiger partial charge on any atom is -0.507 e. The first-order chi connectivity index (χ1) is 31.8. The van der Waals surface area contributed by atoms with Crippen molar-refractivity contribution in [3.63, 3.8) is 0 Å². The number of benzene rings is 6. The second-order valence-corrected chi connectivity index (χ2v) is 20.6. The Labute approximate surface area is 403 Å². The molecule has 0 radical (unpaired) electrons. The summed E-state index contributed by atoms with van der Waals surface area (Å²) in [5, 5.41) is 12.6. The van der Waals surface area contributed by atoms with Crippen molar-refractivity contribution in [1.29, 1.82) is 0 Å². The average molecular weight is 1030 g/mol. The van der Waals surface area contributed by atoms with Crippen LogP contribution in [0.5, 0.6) is 5.75 Å². The van der Waals surface area contributed by atoms with E-state index in [1.54, 1.807) is 18.3 Å². The monoisotopic (exact) mass is 1030 g/mol. The van der Waals surface area contributed by atoms with Crippen LogP contribution in [-0.2, 0) is 42.7 Å². The second kappa shape index (κ2) is 17.4. The van der Waals surface area contributed by atoms with Crippen molar-refractivity contribution in [3.05, 3.63) is 168 Å². The molecule has 0 bridgehead atoms. The quantitative estimate of drug-likeness (QED) is 0.154. The molecule has 2 heterocycles. The van der Waals surface area contributed by atoms with Crippen LogP contribution >= 0.6 is 0 Å². The number of hydrogen-bond donors (Lipinski definition) is 1. The van der Waals surface area contributed by atoms with Crippen LogP contribution < -0.4 is 0 Å². The van der Waals surface area contributed by atoms with E-state index in [2.05, 4.69) is 179 Å². The fourth-order valence-corrected chi connectivity index (χ4v) is 8.17. The molecule has 0 saturated carbocycles. The maximum atomic E-state index is 12.6. The fourth-order valence-electron chi connectivity index (χ4n) is 8.17. The van der Waals surface area contributed by atoms with Crippen LogP contribution in [0.2, 0.25) is 0 Å². The third-order valence-electron chi connectivity index (χ3n) is 12.5. The number of pyridine rings is 1. The van der Waals surface area contributed by atoms with Gasteiger partial charge in [-0.15, -0.1) is 29.3 Å². The summed E-state index contributed by atoms with van der Waals surface area (Å²) in [7, 11) is 0. The molecular weight excluding hydrogens is 962 g/mol. The molecule has 0 aliphatic carbocycles. The minimum absolute atomic E-state index is 0. The molecule has 8 rings (SSSR count). The summed E-state index contributed by atoms with van der Waals surface area (Å²) in [4.78, 5) is 10.4. The summed E-state index contributed by atoms with van der Waals surface area (Å²) in [5.74, 6) is 0.809. The molecule has 4 nitrogen and oxygen atoms in total. The Morgan fingerprint density at radius 3 is 1.92 bits per heavy atom. The number of imidazole rings is 1. The van der Waals surface area contributed by atoms with Gasteiger partial charge in [0.15, 0.2) is 0 Å². The largest absolute Gasteiger partial charge is 0.507 e. The summed E-state index contributed by atoms with van der Waals surface area (Å²) in [6.07, 6.45) is 2.57. The van der Waals surface area contributed by atoms with Gasteiger partial charge in [0.05, 0.1) is 29.1 Å². The van der Waals surface area contributed by atoms with Gasteiger partial charge in [0.1, 0.15) is 11.6 Å². The van der Waals surface area contributed by atoms with Gasteiger partial charge in [0, 0.05) is 44.1 Å². The van der Waals surface area contributed by atoms with Crippen LogP contribution in [0.3, 0.4) is 0 Å². The number of nitrogens with zero attached hydrogens (tertiary/aromatic N) is 3. The minimum atomic E-state index is -0.436. The van der Waals surface area contributed by atoms with Gasteiger partial charge in [0.2, 0.25) is 0 Å². The number of phenolic OH excluding ortho intramolecular Hbond substituents is 1. The molecule has 1 N–H and O–H groups in total. The number of aromatic nitrogens is 3. The van der Waals surface area contributed by atoms with Crippen LogP contribution in [0, 0.1) is 6.07 Å². The Morgan fingerprint density at radius 2 is 1.27 bits per heavy atom. The van der Waals surface area contributed by atoms with E-state index < -0.39 is 6.04 Å². The Balaban J connectivity index is 0.00000703. The number of fused-ring (bicyclic) bond motifs is 1. The summed E-state index contributed by atoms with van der Waals surface area (Å²) >= 11 is 0. The first-order valence-corrected chi connectivity index (χ1v) is 22.0. The molecule has 2 aromatic heterocycles. The predicted octanol–water partition coefficient (Wildman–Crippen LogP) is 15.8. The van der Waals surface area contributed by atoms with Crippen molar-refractivity contribution >= 4 is 11.0 Å². The Morgan fingerprint density at radius 1 is 0.609 bits per heavy atom. The molecule has 64 heavy (non-hydrogen) atoms. The van der Waals surface area contributed by atoms with Gasteiger partial charge in [-0.05, 0) is 86.2 Å². The third-order valence-corrected chi connectivity index (χ3v) is 12.5. The first-order valence-electron chi connectivity index (χ1n) is 24.5. The van der Waals surface area contributed by atoms with Crippen LogP contribution in [-0.4, -0.2) is 19.6 Å². The molecule has 0 atom stereocenters. The van der Waals surface area contributed by atoms with Crippen LogP contribution in [0.4, 0.5) is 0 Å². The van der Waals surface area contributed by atoms with Crippen LogP contribution in [0.1, 0.15) is 119 Å². The van der Waals surface area contributed by atoms with Crippen molar-refractivity contribution in [2.75, 3.05) is 0 Å². The number of aromatic hydroxyl groups is 1. The van der Waals surface area contributed by atoms with E-state index >= 15 is 0 Å². The van der Waals surface area contributed by atoms with Crippen molar-refractivity contribution < 1.29 is 33.0 Å². The zero-order valence-corrected chi connectivity index (χ0v) is 41.5. The molecule has 5 heteroatoms. The van der Waals surface area contributed by atoms with Crippen LogP contribution in [0.25, 0.3) is 72.7 Å². The summed E-state index contributed by atoms with van der Waals surface area (Å²) in [5.41, 5.74) is 11.9. The van der Waals surface area contributed by atoms with Gasteiger partial charge in [-0.3, -0.25) is 9.55 Å². The van der Waals surface area contributed by atoms with E-state index in [1.807, 2.05) is 6.07 Å². The maximum absolute atomic E-state index is 12.6. The van der Waals surface area contributed by atoms with Gasteiger partial charge in [-0.2, -0.15) is 0 Å². The second-order valence-electron chi connectivity index (χ2n) is 20.6. The molecular formula is C59H62N3OPt-. The van der Waals surface area contributed by atoms with Crippen molar-refractivity contribution in [2.24, 2.45) is 0 Å². The van der Waals surface area contributed by atoms with E-state index in [9.17, 15) is 5.11 Å². The number of para-hydroxylation sites is 1. The van der Waals surface area contributed by atoms with Crippen LogP contribution in [0.15, 0.2) is 140 Å². The third kappa shape index (κ3) is 9.05. The topological polar surface area (TPSA) is 50.9 Å². The van der Waals surface area contributed by atoms with Gasteiger partial charge >= 0.3 is 0 Å². The number of hydrogen-bond acceptors (Lipinski definition) is 3. The zero-order valence-electron chi connectivity index (χ0n) is 44.2. The van der Waals surface area contributed by atoms with E-state index in [-0.39, 0.29) is 78.2 Å². The molecule has 0 amide bonds. The van der Waals surface area contributed by atoms with Gasteiger partial charge in [-0.25, -0.2) is 4.98 Å². The summed E-state index contributed by atoms with van der Waals surface area (Å²) < 4.78 is 44.5. The van der Waals surface area contributed by atoms with Crippen molar-refractivity contribution in [1.82, 2.24) is 14.5 Å². The molecule has 0 spiro atoms. The summed E-state index contributed by atoms with van der Waals surface area (Å²) in [6, 6.07) is 37.3. The van der Waals surface area contributed by atoms with E-state index in [4.69, 9.17) is 16.8 Å². The molecule has 0 saturated heterocycles. The molecule has 0 aliphatic rings. The SMILES string of the molecule is [2H]c1c([2H])c([2H])c(-c2ccnc(-c3[c-]c(-c4cccc5c4nc(-c4cc(C(C)(C)C)cc(C(C)(C)C)c4O)n5-c4ccc(C(C)(C)CC)cc4-c4ccccc4)cc(C(C)(C)C)c3)c2)c([2H])c1[2H].[Pt]. The number of phenols is 1. The maximum Gasteiger partial charge on any atom is 0.148 e. The summed E-state index contributed by atoms with van der Waals surface area (Å²) in [6.45, 7) is 26.2. The van der Waals surface area contributed by atoms with Gasteiger partial charge in [0.25, 0.3) is 0 Å². The Bertz CT molecular complexity index is 3230. The fraction of sp³-hybridized carbons (Fsp3) is 0.288. The predicted molar refractivity (Wildman–Crippen MR) is 266 cm³/mol. The molecule has 330 valence electrons. The average Bonchev–Trinajstić information content (AvgIpc) is 3.68. The molecule has 0 unspecified atom stereocenters. The van der Waals surface area contributed by atoms with E-state index in [0.717, 1.165) is 62.1 Å². The molecule has 8 aromatic rings. The van der Waals surface area contributed by atoms with Crippen molar-refractivity contribution in [3.8, 4) is 67.5 Å². The Hall–Kier alpha value is -5.57. The van der Waals surface area contributed by atoms with Gasteiger partial charge < -0.3 is 5.11 Å². The standard InChI is InChI=1S/C59H62N3O.Pt/c1-13-59(11,12)43-27-28-51(47(35-43)39-23-18-15-19-24-39)62-52-26-20-25-46(53(52)61-55(62)48-36-45(57(5,6)7)37-49(54(48)63)58(8,9)10)41-31-42(33-44(32-41)56(2,3)4)50-34-40(29-30-60-50)38-21-16-14-17-22-38;/h14-30,32-37,63H,13H2,1-12H3;/q-1;/i14D,16D,17D,21D,22D;.